The molecule has 0 spiro atoms. The number of benzene rings is 1. The van der Waals surface area contributed by atoms with Crippen LogP contribution in [0.5, 0.6) is 5.75 Å². The fourth-order valence-corrected chi connectivity index (χ4v) is 2.59. The van der Waals surface area contributed by atoms with Gasteiger partial charge in [-0.25, -0.2) is 0 Å². The summed E-state index contributed by atoms with van der Waals surface area (Å²) in [4.78, 5) is 12.5. The Morgan fingerprint density at radius 2 is 1.89 bits per heavy atom. The lowest BCUT2D eigenvalue weighted by atomic mass is 10.2. The van der Waals surface area contributed by atoms with Crippen molar-refractivity contribution in [3.8, 4) is 5.75 Å². The minimum Gasteiger partial charge on any atom is -0.488 e. The molecule has 0 aliphatic heterocycles. The minimum atomic E-state index is -0.203. The molecular weight excluding hydrogens is 358 g/mol. The summed E-state index contributed by atoms with van der Waals surface area (Å²) in [6.07, 6.45) is 0. The average molecular weight is 381 g/mol. The summed E-state index contributed by atoms with van der Waals surface area (Å²) in [5.74, 6) is 1.69. The highest BCUT2D eigenvalue weighted by Crippen LogP contribution is 2.21. The fourth-order valence-electron chi connectivity index (χ4n) is 2.59. The van der Waals surface area contributed by atoms with Crippen LogP contribution in [0, 0.1) is 20.8 Å². The van der Waals surface area contributed by atoms with Crippen LogP contribution in [0.3, 0.4) is 0 Å². The number of hydrogen-bond acceptors (Lipinski definition) is 7. The number of anilines is 1. The van der Waals surface area contributed by atoms with E-state index >= 15 is 0 Å². The van der Waals surface area contributed by atoms with Gasteiger partial charge in [-0.2, -0.15) is 5.10 Å². The summed E-state index contributed by atoms with van der Waals surface area (Å²) >= 11 is 0. The van der Waals surface area contributed by atoms with Gasteiger partial charge < -0.3 is 19.9 Å². The summed E-state index contributed by atoms with van der Waals surface area (Å²) in [6, 6.07) is 10.9. The lowest BCUT2D eigenvalue weighted by Crippen LogP contribution is -2.29. The third kappa shape index (κ3) is 4.85. The van der Waals surface area contributed by atoms with Crippen molar-refractivity contribution in [2.45, 2.75) is 27.4 Å². The second kappa shape index (κ2) is 8.98. The van der Waals surface area contributed by atoms with Crippen molar-refractivity contribution < 1.29 is 14.1 Å². The van der Waals surface area contributed by atoms with Crippen LogP contribution in [0.4, 0.5) is 5.82 Å². The standard InChI is InChI=1S/C20H23N5O3/c1-13-8-9-19(24-23-13)21-10-11-22-20(26)16-6-4-5-7-18(16)27-12-17-14(2)25-28-15(17)3/h4-9H,10-12H2,1-3H3,(H,21,24)(H,22,26). The molecular formula is C20H23N5O3. The minimum absolute atomic E-state index is 0.203. The van der Waals surface area contributed by atoms with Gasteiger partial charge in [0, 0.05) is 13.1 Å². The van der Waals surface area contributed by atoms with Gasteiger partial charge in [-0.05, 0) is 45.0 Å². The number of aryl methyl sites for hydroxylation is 3. The highest BCUT2D eigenvalue weighted by atomic mass is 16.5. The monoisotopic (exact) mass is 381 g/mol. The van der Waals surface area contributed by atoms with Crippen LogP contribution in [-0.2, 0) is 6.61 Å². The van der Waals surface area contributed by atoms with Crippen LogP contribution in [0.15, 0.2) is 40.9 Å². The Hall–Kier alpha value is -3.42. The molecule has 1 aromatic carbocycles. The quantitative estimate of drug-likeness (QED) is 0.578. The van der Waals surface area contributed by atoms with Crippen molar-refractivity contribution in [3.05, 3.63) is 64.7 Å². The molecule has 0 unspecified atom stereocenters. The van der Waals surface area contributed by atoms with Gasteiger partial charge in [0.1, 0.15) is 23.9 Å². The molecule has 28 heavy (non-hydrogen) atoms. The van der Waals surface area contributed by atoms with Crippen LogP contribution in [-0.4, -0.2) is 34.4 Å². The second-order valence-electron chi connectivity index (χ2n) is 6.33. The summed E-state index contributed by atoms with van der Waals surface area (Å²) in [5.41, 5.74) is 3.00. The van der Waals surface area contributed by atoms with Gasteiger partial charge in [-0.3, -0.25) is 4.79 Å². The van der Waals surface area contributed by atoms with E-state index in [1.54, 1.807) is 18.2 Å². The first-order chi connectivity index (χ1) is 13.5. The predicted molar refractivity (Wildman–Crippen MR) is 104 cm³/mol. The zero-order chi connectivity index (χ0) is 19.9. The van der Waals surface area contributed by atoms with E-state index in [0.717, 1.165) is 17.0 Å². The number of carbonyl (C=O) groups excluding carboxylic acids is 1. The van der Waals surface area contributed by atoms with Gasteiger partial charge >= 0.3 is 0 Å². The number of ether oxygens (including phenoxy) is 1. The molecule has 2 heterocycles. The molecule has 8 nitrogen and oxygen atoms in total. The van der Waals surface area contributed by atoms with Gasteiger partial charge in [0.05, 0.1) is 22.5 Å². The molecule has 0 fully saturated rings. The summed E-state index contributed by atoms with van der Waals surface area (Å²) < 4.78 is 11.0. The Bertz CT molecular complexity index is 918. The molecule has 0 bridgehead atoms. The summed E-state index contributed by atoms with van der Waals surface area (Å²) in [5, 5.41) is 17.9. The van der Waals surface area contributed by atoms with E-state index < -0.39 is 0 Å². The van der Waals surface area contributed by atoms with Crippen molar-refractivity contribution in [1.29, 1.82) is 0 Å². The maximum absolute atomic E-state index is 12.5. The molecule has 0 saturated carbocycles. The van der Waals surface area contributed by atoms with E-state index in [2.05, 4.69) is 26.0 Å². The molecule has 8 heteroatoms. The Balaban J connectivity index is 1.54. The predicted octanol–water partition coefficient (Wildman–Crippen LogP) is 2.81. The van der Waals surface area contributed by atoms with Crippen molar-refractivity contribution in [1.82, 2.24) is 20.7 Å². The number of carbonyl (C=O) groups is 1. The lowest BCUT2D eigenvalue weighted by Gasteiger charge is -2.12. The molecule has 0 saturated heterocycles. The molecule has 0 aliphatic carbocycles. The van der Waals surface area contributed by atoms with Crippen LogP contribution >= 0.6 is 0 Å². The first-order valence-corrected chi connectivity index (χ1v) is 9.00. The first kappa shape index (κ1) is 19.3. The number of para-hydroxylation sites is 1. The van der Waals surface area contributed by atoms with Gasteiger partial charge in [0.2, 0.25) is 0 Å². The van der Waals surface area contributed by atoms with Crippen LogP contribution < -0.4 is 15.4 Å². The topological polar surface area (TPSA) is 102 Å². The van der Waals surface area contributed by atoms with Gasteiger partial charge in [-0.15, -0.1) is 5.10 Å². The highest BCUT2D eigenvalue weighted by molar-refractivity contribution is 5.96. The molecule has 2 N–H and O–H groups in total. The van der Waals surface area contributed by atoms with E-state index in [4.69, 9.17) is 9.26 Å². The Morgan fingerprint density at radius 1 is 1.07 bits per heavy atom. The van der Waals surface area contributed by atoms with E-state index in [0.29, 0.717) is 42.6 Å². The molecule has 3 aromatic rings. The lowest BCUT2D eigenvalue weighted by molar-refractivity contribution is 0.0950. The molecule has 2 aromatic heterocycles. The largest absolute Gasteiger partial charge is 0.488 e. The number of amides is 1. The number of nitrogens with zero attached hydrogens (tertiary/aromatic N) is 3. The average Bonchev–Trinajstić information content (AvgIpc) is 3.02. The highest BCUT2D eigenvalue weighted by Gasteiger charge is 2.14. The number of aromatic nitrogens is 3. The van der Waals surface area contributed by atoms with Crippen molar-refractivity contribution in [2.24, 2.45) is 0 Å². The fraction of sp³-hybridized carbons (Fsp3) is 0.300. The van der Waals surface area contributed by atoms with E-state index in [9.17, 15) is 4.79 Å². The Kier molecular flexibility index (Phi) is 6.21. The van der Waals surface area contributed by atoms with E-state index in [1.807, 2.05) is 39.0 Å². The zero-order valence-electron chi connectivity index (χ0n) is 16.2. The number of nitrogens with one attached hydrogen (secondary N) is 2. The number of rotatable bonds is 8. The van der Waals surface area contributed by atoms with Crippen LogP contribution in [0.25, 0.3) is 0 Å². The summed E-state index contributed by atoms with van der Waals surface area (Å²) in [7, 11) is 0. The first-order valence-electron chi connectivity index (χ1n) is 9.00. The third-order valence-corrected chi connectivity index (χ3v) is 4.20. The Labute approximate surface area is 163 Å². The van der Waals surface area contributed by atoms with Gasteiger partial charge in [0.25, 0.3) is 5.91 Å². The van der Waals surface area contributed by atoms with Gasteiger partial charge in [0.15, 0.2) is 0 Å². The molecule has 3 rings (SSSR count). The third-order valence-electron chi connectivity index (χ3n) is 4.20. The SMILES string of the molecule is Cc1ccc(NCCNC(=O)c2ccccc2OCc2c(C)noc2C)nn1. The summed E-state index contributed by atoms with van der Waals surface area (Å²) in [6.45, 7) is 6.83. The number of hydrogen-bond donors (Lipinski definition) is 2. The zero-order valence-corrected chi connectivity index (χ0v) is 16.2. The maximum atomic E-state index is 12.5. The Morgan fingerprint density at radius 3 is 2.61 bits per heavy atom. The van der Waals surface area contributed by atoms with Crippen molar-refractivity contribution in [2.75, 3.05) is 18.4 Å². The molecule has 0 atom stereocenters. The van der Waals surface area contributed by atoms with Gasteiger partial charge in [-0.1, -0.05) is 17.3 Å². The molecule has 0 aliphatic rings. The van der Waals surface area contributed by atoms with E-state index in [1.165, 1.54) is 0 Å². The van der Waals surface area contributed by atoms with Crippen LogP contribution in [0.1, 0.15) is 33.1 Å². The molecule has 1 amide bonds. The molecule has 0 radical (unpaired) electrons. The van der Waals surface area contributed by atoms with E-state index in [-0.39, 0.29) is 5.91 Å². The van der Waals surface area contributed by atoms with Crippen molar-refractivity contribution in [3.63, 3.8) is 0 Å². The normalized spacial score (nSPS) is 10.5. The smallest absolute Gasteiger partial charge is 0.255 e. The van der Waals surface area contributed by atoms with Crippen LogP contribution in [0.2, 0.25) is 0 Å². The molecule has 146 valence electrons. The van der Waals surface area contributed by atoms with Crippen molar-refractivity contribution >= 4 is 11.7 Å². The maximum Gasteiger partial charge on any atom is 0.255 e. The second-order valence-corrected chi connectivity index (χ2v) is 6.33.